The number of rotatable bonds is 5. The molecule has 4 nitrogen and oxygen atoms in total. The maximum atomic E-state index is 12.1. The molecule has 0 radical (unpaired) electrons. The highest BCUT2D eigenvalue weighted by atomic mass is 16.5. The Morgan fingerprint density at radius 3 is 3.16 bits per heavy atom. The summed E-state index contributed by atoms with van der Waals surface area (Å²) >= 11 is 0. The number of carbonyl (C=O) groups excluding carboxylic acids is 1. The summed E-state index contributed by atoms with van der Waals surface area (Å²) in [6, 6.07) is 7.85. The van der Waals surface area contributed by atoms with Crippen LogP contribution in [0, 0.1) is 5.92 Å². The molecule has 104 valence electrons. The Kier molecular flexibility index (Phi) is 5.36. The minimum absolute atomic E-state index is 0.0873. The minimum Gasteiger partial charge on any atom is -0.377 e. The summed E-state index contributed by atoms with van der Waals surface area (Å²) in [6.07, 6.45) is 2.04. The number of nitrogens with one attached hydrogen (secondary N) is 2. The lowest BCUT2D eigenvalue weighted by atomic mass is 9.99. The van der Waals surface area contributed by atoms with Crippen LogP contribution in [0.2, 0.25) is 0 Å². The van der Waals surface area contributed by atoms with E-state index in [4.69, 9.17) is 4.74 Å². The third-order valence-corrected chi connectivity index (χ3v) is 3.34. The molecule has 1 saturated heterocycles. The maximum absolute atomic E-state index is 12.1. The van der Waals surface area contributed by atoms with Crippen molar-refractivity contribution in [1.82, 2.24) is 5.32 Å². The van der Waals surface area contributed by atoms with E-state index in [0.29, 0.717) is 13.2 Å². The lowest BCUT2D eigenvalue weighted by Crippen LogP contribution is -2.37. The van der Waals surface area contributed by atoms with Crippen LogP contribution in [0.1, 0.15) is 25.3 Å². The van der Waals surface area contributed by atoms with Gasteiger partial charge >= 0.3 is 0 Å². The second-order valence-electron chi connectivity index (χ2n) is 4.87. The van der Waals surface area contributed by atoms with E-state index in [0.717, 1.165) is 37.2 Å². The van der Waals surface area contributed by atoms with Crippen molar-refractivity contribution < 1.29 is 9.53 Å². The molecule has 1 unspecified atom stereocenters. The van der Waals surface area contributed by atoms with Crippen LogP contribution in [0.4, 0.5) is 5.69 Å². The van der Waals surface area contributed by atoms with E-state index >= 15 is 0 Å². The zero-order valence-corrected chi connectivity index (χ0v) is 11.4. The monoisotopic (exact) mass is 262 g/mol. The van der Waals surface area contributed by atoms with E-state index in [9.17, 15) is 4.79 Å². The fraction of sp³-hybridized carbons (Fsp3) is 0.533. The molecule has 1 fully saturated rings. The molecule has 0 saturated carbocycles. The average molecular weight is 262 g/mol. The van der Waals surface area contributed by atoms with Gasteiger partial charge in [0, 0.05) is 18.8 Å². The Hall–Kier alpha value is -1.39. The highest BCUT2D eigenvalue weighted by molar-refractivity contribution is 5.92. The highest BCUT2D eigenvalue weighted by Crippen LogP contribution is 2.16. The van der Waals surface area contributed by atoms with Gasteiger partial charge in [-0.1, -0.05) is 12.1 Å². The predicted octanol–water partition coefficient (Wildman–Crippen LogP) is 2.16. The number of hydrogen-bond donors (Lipinski definition) is 2. The number of piperidine rings is 1. The summed E-state index contributed by atoms with van der Waals surface area (Å²) in [5.41, 5.74) is 1.94. The first-order chi connectivity index (χ1) is 9.29. The molecule has 0 spiro atoms. The lowest BCUT2D eigenvalue weighted by molar-refractivity contribution is -0.120. The lowest BCUT2D eigenvalue weighted by Gasteiger charge is -2.22. The smallest absolute Gasteiger partial charge is 0.228 e. The van der Waals surface area contributed by atoms with Crippen molar-refractivity contribution in [2.45, 2.75) is 26.4 Å². The predicted molar refractivity (Wildman–Crippen MR) is 76.0 cm³/mol. The molecule has 1 heterocycles. The summed E-state index contributed by atoms with van der Waals surface area (Å²) in [4.78, 5) is 12.1. The minimum atomic E-state index is 0.0873. The number of hydrogen-bond acceptors (Lipinski definition) is 3. The molecule has 2 N–H and O–H groups in total. The molecule has 0 aliphatic carbocycles. The Balaban J connectivity index is 1.92. The molecule has 2 rings (SSSR count). The second-order valence-corrected chi connectivity index (χ2v) is 4.87. The van der Waals surface area contributed by atoms with Crippen molar-refractivity contribution in [2.75, 3.05) is 25.0 Å². The van der Waals surface area contributed by atoms with Gasteiger partial charge in [0.25, 0.3) is 0 Å². The molecule has 1 atom stereocenters. The third-order valence-electron chi connectivity index (χ3n) is 3.34. The first-order valence-electron chi connectivity index (χ1n) is 6.98. The second kappa shape index (κ2) is 7.26. The quantitative estimate of drug-likeness (QED) is 0.855. The van der Waals surface area contributed by atoms with Crippen molar-refractivity contribution in [3.05, 3.63) is 29.8 Å². The van der Waals surface area contributed by atoms with Gasteiger partial charge in [0.05, 0.1) is 12.5 Å². The maximum Gasteiger partial charge on any atom is 0.228 e. The molecule has 1 amide bonds. The van der Waals surface area contributed by atoms with Gasteiger partial charge in [0.15, 0.2) is 0 Å². The van der Waals surface area contributed by atoms with E-state index in [-0.39, 0.29) is 11.8 Å². The van der Waals surface area contributed by atoms with Gasteiger partial charge in [-0.05, 0) is 44.0 Å². The van der Waals surface area contributed by atoms with E-state index in [1.165, 1.54) is 0 Å². The van der Waals surface area contributed by atoms with Crippen molar-refractivity contribution in [1.29, 1.82) is 0 Å². The largest absolute Gasteiger partial charge is 0.377 e. The zero-order chi connectivity index (χ0) is 13.5. The van der Waals surface area contributed by atoms with Crippen LogP contribution >= 0.6 is 0 Å². The van der Waals surface area contributed by atoms with Crippen molar-refractivity contribution >= 4 is 11.6 Å². The van der Waals surface area contributed by atoms with Crippen LogP contribution < -0.4 is 10.6 Å². The van der Waals surface area contributed by atoms with Gasteiger partial charge in [-0.2, -0.15) is 0 Å². The summed E-state index contributed by atoms with van der Waals surface area (Å²) in [6.45, 7) is 5.06. The molecule has 0 bridgehead atoms. The van der Waals surface area contributed by atoms with Crippen LogP contribution in [-0.4, -0.2) is 25.6 Å². The van der Waals surface area contributed by atoms with E-state index < -0.39 is 0 Å². The highest BCUT2D eigenvalue weighted by Gasteiger charge is 2.20. The van der Waals surface area contributed by atoms with Crippen LogP contribution in [0.3, 0.4) is 0 Å². The molecule has 1 aromatic rings. The van der Waals surface area contributed by atoms with E-state index in [1.54, 1.807) is 0 Å². The molecular formula is C15H22N2O2. The van der Waals surface area contributed by atoms with Crippen molar-refractivity contribution in [3.63, 3.8) is 0 Å². The number of carbonyl (C=O) groups is 1. The van der Waals surface area contributed by atoms with Crippen LogP contribution in [0.5, 0.6) is 0 Å². The SMILES string of the molecule is CCOCc1cccc(NC(=O)C2CCCNC2)c1. The normalized spacial score (nSPS) is 19.1. The third kappa shape index (κ3) is 4.33. The standard InChI is InChI=1S/C15H22N2O2/c1-2-19-11-12-5-3-7-14(9-12)17-15(18)13-6-4-8-16-10-13/h3,5,7,9,13,16H,2,4,6,8,10-11H2,1H3,(H,17,18). The number of ether oxygens (including phenoxy) is 1. The molecular weight excluding hydrogens is 240 g/mol. The van der Waals surface area contributed by atoms with Gasteiger partial charge in [-0.25, -0.2) is 0 Å². The van der Waals surface area contributed by atoms with E-state index in [2.05, 4.69) is 10.6 Å². The molecule has 1 aliphatic rings. The molecule has 19 heavy (non-hydrogen) atoms. The Morgan fingerprint density at radius 2 is 2.42 bits per heavy atom. The zero-order valence-electron chi connectivity index (χ0n) is 11.4. The fourth-order valence-corrected chi connectivity index (χ4v) is 2.28. The van der Waals surface area contributed by atoms with Gasteiger partial charge < -0.3 is 15.4 Å². The first-order valence-corrected chi connectivity index (χ1v) is 6.98. The topological polar surface area (TPSA) is 50.4 Å². The number of amides is 1. The van der Waals surface area contributed by atoms with Crippen LogP contribution in [0.25, 0.3) is 0 Å². The summed E-state index contributed by atoms with van der Waals surface area (Å²) in [7, 11) is 0. The Labute approximate surface area is 114 Å². The van der Waals surface area contributed by atoms with Crippen LogP contribution in [-0.2, 0) is 16.1 Å². The van der Waals surface area contributed by atoms with Gasteiger partial charge in [0.2, 0.25) is 5.91 Å². The summed E-state index contributed by atoms with van der Waals surface area (Å²) < 4.78 is 5.37. The molecule has 0 aromatic heterocycles. The van der Waals surface area contributed by atoms with E-state index in [1.807, 2.05) is 31.2 Å². The van der Waals surface area contributed by atoms with Crippen molar-refractivity contribution in [2.24, 2.45) is 5.92 Å². The Bertz CT molecular complexity index is 414. The molecule has 4 heteroatoms. The molecule has 1 aliphatic heterocycles. The van der Waals surface area contributed by atoms with Gasteiger partial charge in [-0.15, -0.1) is 0 Å². The van der Waals surface area contributed by atoms with Gasteiger partial charge in [-0.3, -0.25) is 4.79 Å². The fourth-order valence-electron chi connectivity index (χ4n) is 2.28. The van der Waals surface area contributed by atoms with Crippen LogP contribution in [0.15, 0.2) is 24.3 Å². The first kappa shape index (κ1) is 14.0. The van der Waals surface area contributed by atoms with Gasteiger partial charge in [0.1, 0.15) is 0 Å². The summed E-state index contributed by atoms with van der Waals surface area (Å²) in [5, 5.41) is 6.25. The average Bonchev–Trinajstić information content (AvgIpc) is 2.46. The van der Waals surface area contributed by atoms with Crippen molar-refractivity contribution in [3.8, 4) is 0 Å². The number of anilines is 1. The molecule has 1 aromatic carbocycles. The summed E-state index contributed by atoms with van der Waals surface area (Å²) in [5.74, 6) is 0.199. The Morgan fingerprint density at radius 1 is 1.53 bits per heavy atom. The number of benzene rings is 1.